The maximum atomic E-state index is 10.5. The van der Waals surface area contributed by atoms with E-state index in [1.165, 1.54) is 18.7 Å². The first-order valence-electron chi connectivity index (χ1n) is 3.74. The van der Waals surface area contributed by atoms with Gasteiger partial charge in [0.2, 0.25) is 6.19 Å². The van der Waals surface area contributed by atoms with Crippen molar-refractivity contribution < 1.29 is 9.90 Å². The Bertz CT molecular complexity index is 284. The number of nitriles is 1. The zero-order valence-electron chi connectivity index (χ0n) is 7.06. The van der Waals surface area contributed by atoms with Gasteiger partial charge in [-0.05, 0) is 6.92 Å². The normalized spacial score (nSPS) is 21.5. The Morgan fingerprint density at radius 3 is 3.15 bits per heavy atom. The van der Waals surface area contributed by atoms with E-state index < -0.39 is 12.0 Å². The average Bonchev–Trinajstić information content (AvgIpc) is 2.52. The largest absolute Gasteiger partial charge is 0.548 e. The monoisotopic (exact) mass is 198 g/mol. The van der Waals surface area contributed by atoms with Gasteiger partial charge in [0.25, 0.3) is 0 Å². The van der Waals surface area contributed by atoms with Crippen molar-refractivity contribution in [3.8, 4) is 6.19 Å². The Hall–Kier alpha value is -1.22. The Morgan fingerprint density at radius 2 is 2.62 bits per heavy atom. The average molecular weight is 198 g/mol. The van der Waals surface area contributed by atoms with Crippen LogP contribution in [0.25, 0.3) is 0 Å². The smallest absolute Gasteiger partial charge is 0.208 e. The Kier molecular flexibility index (Phi) is 3.14. The van der Waals surface area contributed by atoms with Crippen LogP contribution in [0.2, 0.25) is 0 Å². The molecule has 1 rings (SSSR count). The summed E-state index contributed by atoms with van der Waals surface area (Å²) in [6, 6.07) is -0.720. The van der Waals surface area contributed by atoms with E-state index in [4.69, 9.17) is 5.26 Å². The van der Waals surface area contributed by atoms with Crippen LogP contribution in [0.3, 0.4) is 0 Å². The summed E-state index contributed by atoms with van der Waals surface area (Å²) in [4.78, 5) is 15.6. The quantitative estimate of drug-likeness (QED) is 0.532. The first-order chi connectivity index (χ1) is 6.16. The van der Waals surface area contributed by atoms with E-state index in [9.17, 15) is 9.90 Å². The summed E-state index contributed by atoms with van der Waals surface area (Å²) < 4.78 is 0. The lowest BCUT2D eigenvalue weighted by atomic mass is 10.3. The summed E-state index contributed by atoms with van der Waals surface area (Å²) in [5.41, 5.74) is 0. The van der Waals surface area contributed by atoms with Crippen molar-refractivity contribution in [3.63, 3.8) is 0 Å². The van der Waals surface area contributed by atoms with E-state index >= 15 is 0 Å². The second-order valence-corrected chi connectivity index (χ2v) is 3.59. The molecule has 1 aliphatic rings. The summed E-state index contributed by atoms with van der Waals surface area (Å²) in [6.07, 6.45) is 1.65. The van der Waals surface area contributed by atoms with E-state index in [2.05, 4.69) is 4.99 Å². The number of hydrogen-bond donors (Lipinski definition) is 0. The van der Waals surface area contributed by atoms with Crippen molar-refractivity contribution in [1.82, 2.24) is 4.90 Å². The fourth-order valence-electron chi connectivity index (χ4n) is 1.04. The molecular formula is C7H8N3O2S-. The maximum Gasteiger partial charge on any atom is 0.208 e. The zero-order valence-corrected chi connectivity index (χ0v) is 7.87. The van der Waals surface area contributed by atoms with Gasteiger partial charge < -0.3 is 14.8 Å². The highest BCUT2D eigenvalue weighted by Gasteiger charge is 2.24. The van der Waals surface area contributed by atoms with Crippen molar-refractivity contribution in [3.05, 3.63) is 0 Å². The van der Waals surface area contributed by atoms with Crippen LogP contribution >= 0.6 is 11.8 Å². The van der Waals surface area contributed by atoms with E-state index in [0.29, 0.717) is 11.7 Å². The number of carbonyl (C=O) groups is 1. The number of carboxylic acids is 1. The van der Waals surface area contributed by atoms with Crippen LogP contribution in [-0.4, -0.2) is 34.4 Å². The molecule has 0 aromatic heterocycles. The lowest BCUT2D eigenvalue weighted by Gasteiger charge is -2.25. The number of rotatable bonds is 2. The molecule has 0 aromatic carbocycles. The molecule has 0 aromatic rings. The lowest BCUT2D eigenvalue weighted by Crippen LogP contribution is -2.46. The van der Waals surface area contributed by atoms with Crippen molar-refractivity contribution in [2.45, 2.75) is 13.0 Å². The van der Waals surface area contributed by atoms with E-state index in [1.54, 1.807) is 11.1 Å². The SMILES string of the molecule is CC(C(=O)[O-])N1CCSC1=NC#N. The molecule has 0 amide bonds. The molecule has 1 unspecified atom stereocenters. The summed E-state index contributed by atoms with van der Waals surface area (Å²) in [5, 5.41) is 19.3. The summed E-state index contributed by atoms with van der Waals surface area (Å²) in [6.45, 7) is 2.12. The van der Waals surface area contributed by atoms with Crippen LogP contribution in [0.1, 0.15) is 6.92 Å². The maximum absolute atomic E-state index is 10.5. The third-order valence-electron chi connectivity index (χ3n) is 1.76. The van der Waals surface area contributed by atoms with Gasteiger partial charge in [-0.2, -0.15) is 5.26 Å². The van der Waals surface area contributed by atoms with Crippen LogP contribution in [0, 0.1) is 11.5 Å². The molecule has 0 spiro atoms. The molecule has 0 bridgehead atoms. The van der Waals surface area contributed by atoms with Gasteiger partial charge in [0.1, 0.15) is 0 Å². The van der Waals surface area contributed by atoms with Gasteiger partial charge in [-0.1, -0.05) is 11.8 Å². The molecule has 1 aliphatic heterocycles. The Labute approximate surface area is 80.0 Å². The minimum atomic E-state index is -1.15. The Balaban J connectivity index is 2.75. The molecule has 0 saturated carbocycles. The number of hydrogen-bond acceptors (Lipinski definition) is 5. The summed E-state index contributed by atoms with van der Waals surface area (Å²) in [7, 11) is 0. The molecular weight excluding hydrogens is 190 g/mol. The first kappa shape index (κ1) is 9.86. The van der Waals surface area contributed by atoms with Crippen LogP contribution in [0.4, 0.5) is 0 Å². The molecule has 0 radical (unpaired) electrons. The van der Waals surface area contributed by atoms with Gasteiger partial charge in [-0.15, -0.1) is 4.99 Å². The van der Waals surface area contributed by atoms with Gasteiger partial charge >= 0.3 is 0 Å². The second kappa shape index (κ2) is 4.14. The highest BCUT2D eigenvalue weighted by atomic mass is 32.2. The number of carboxylic acid groups (broad SMARTS) is 1. The van der Waals surface area contributed by atoms with Crippen LogP contribution < -0.4 is 5.11 Å². The first-order valence-corrected chi connectivity index (χ1v) is 4.72. The number of amidine groups is 1. The fourth-order valence-corrected chi connectivity index (χ4v) is 2.03. The predicted molar refractivity (Wildman–Crippen MR) is 46.7 cm³/mol. The van der Waals surface area contributed by atoms with E-state index in [-0.39, 0.29) is 0 Å². The van der Waals surface area contributed by atoms with Gasteiger partial charge in [-0.25, -0.2) is 0 Å². The molecule has 5 nitrogen and oxygen atoms in total. The molecule has 13 heavy (non-hydrogen) atoms. The molecule has 1 atom stereocenters. The topological polar surface area (TPSA) is 79.5 Å². The van der Waals surface area contributed by atoms with E-state index in [1.807, 2.05) is 0 Å². The fraction of sp³-hybridized carbons (Fsp3) is 0.571. The number of aliphatic carboxylic acids is 1. The van der Waals surface area contributed by atoms with E-state index in [0.717, 1.165) is 5.75 Å². The third kappa shape index (κ3) is 2.12. The van der Waals surface area contributed by atoms with Crippen LogP contribution in [-0.2, 0) is 4.79 Å². The molecule has 1 heterocycles. The van der Waals surface area contributed by atoms with Crippen LogP contribution in [0.15, 0.2) is 4.99 Å². The number of aliphatic imine (C=N–C) groups is 1. The molecule has 1 fully saturated rings. The predicted octanol–water partition coefficient (Wildman–Crippen LogP) is -0.989. The van der Waals surface area contributed by atoms with Crippen molar-refractivity contribution in [2.24, 2.45) is 4.99 Å². The molecule has 0 aliphatic carbocycles. The van der Waals surface area contributed by atoms with Gasteiger partial charge in [0.15, 0.2) is 5.17 Å². The number of nitrogens with zero attached hydrogens (tertiary/aromatic N) is 3. The van der Waals surface area contributed by atoms with Gasteiger partial charge in [0, 0.05) is 12.3 Å². The summed E-state index contributed by atoms with van der Waals surface area (Å²) in [5.74, 6) is -0.383. The molecule has 6 heteroatoms. The molecule has 1 saturated heterocycles. The van der Waals surface area contributed by atoms with Crippen molar-refractivity contribution in [1.29, 1.82) is 5.26 Å². The highest BCUT2D eigenvalue weighted by Crippen LogP contribution is 2.19. The van der Waals surface area contributed by atoms with Crippen LogP contribution in [0.5, 0.6) is 0 Å². The number of carbonyl (C=O) groups excluding carboxylic acids is 1. The third-order valence-corrected chi connectivity index (χ3v) is 2.73. The molecule has 70 valence electrons. The Morgan fingerprint density at radius 1 is 1.92 bits per heavy atom. The standard InChI is InChI=1S/C7H9N3O2S/c1-5(6(11)12)10-2-3-13-7(10)9-4-8/h5H,2-3H2,1H3,(H,11,12)/p-1. The highest BCUT2D eigenvalue weighted by molar-refractivity contribution is 8.14. The van der Waals surface area contributed by atoms with Crippen molar-refractivity contribution >= 4 is 22.9 Å². The minimum Gasteiger partial charge on any atom is -0.548 e. The minimum absolute atomic E-state index is 0.471. The van der Waals surface area contributed by atoms with Gasteiger partial charge in [-0.3, -0.25) is 0 Å². The molecule has 0 N–H and O–H groups in total. The summed E-state index contributed by atoms with van der Waals surface area (Å²) >= 11 is 1.38. The number of thioether (sulfide) groups is 1. The van der Waals surface area contributed by atoms with Gasteiger partial charge in [0.05, 0.1) is 12.0 Å². The zero-order chi connectivity index (χ0) is 9.84. The lowest BCUT2D eigenvalue weighted by molar-refractivity contribution is -0.309. The second-order valence-electron chi connectivity index (χ2n) is 2.53. The van der Waals surface area contributed by atoms with Crippen molar-refractivity contribution in [2.75, 3.05) is 12.3 Å².